The molecule has 0 aliphatic carbocycles. The second-order valence-electron chi connectivity index (χ2n) is 7.85. The predicted octanol–water partition coefficient (Wildman–Crippen LogP) is 6.92. The standard InChI is InChI=1S/C25H18Cl3NO3/c1-14-24-17(12-29(13-31-24)11-16-4-7-19(27)10-21(16)28)9-20-23(30)22(32-25(14)20)8-15-2-5-18(26)6-3-15/h2-10H,11-13H2,1H3/b22-8-. The third kappa shape index (κ3) is 4.00. The lowest BCUT2D eigenvalue weighted by Crippen LogP contribution is -2.32. The zero-order valence-corrected chi connectivity index (χ0v) is 19.4. The fourth-order valence-corrected chi connectivity index (χ4v) is 4.59. The fraction of sp³-hybridized carbons (Fsp3) is 0.160. The van der Waals surface area contributed by atoms with Gasteiger partial charge in [0, 0.05) is 39.3 Å². The van der Waals surface area contributed by atoms with Crippen LogP contribution in [0, 0.1) is 6.92 Å². The van der Waals surface area contributed by atoms with Gasteiger partial charge in [0.1, 0.15) is 18.2 Å². The molecule has 0 N–H and O–H groups in total. The minimum atomic E-state index is -0.140. The van der Waals surface area contributed by atoms with E-state index in [1.54, 1.807) is 24.3 Å². The van der Waals surface area contributed by atoms with Crippen LogP contribution in [0.25, 0.3) is 6.08 Å². The molecule has 0 atom stereocenters. The molecule has 32 heavy (non-hydrogen) atoms. The maximum atomic E-state index is 13.1. The molecule has 2 aliphatic heterocycles. The Morgan fingerprint density at radius 1 is 1.00 bits per heavy atom. The minimum Gasteiger partial charge on any atom is -0.477 e. The van der Waals surface area contributed by atoms with E-state index in [1.165, 1.54) is 0 Å². The van der Waals surface area contributed by atoms with Crippen LogP contribution in [0.15, 0.2) is 54.3 Å². The Hall–Kier alpha value is -2.50. The van der Waals surface area contributed by atoms with Crippen molar-refractivity contribution in [3.05, 3.63) is 97.2 Å². The van der Waals surface area contributed by atoms with Crippen LogP contribution in [-0.4, -0.2) is 17.4 Å². The lowest BCUT2D eigenvalue weighted by Gasteiger charge is -2.30. The topological polar surface area (TPSA) is 38.8 Å². The van der Waals surface area contributed by atoms with Gasteiger partial charge in [-0.15, -0.1) is 0 Å². The number of rotatable bonds is 3. The molecule has 0 bridgehead atoms. The molecule has 4 nitrogen and oxygen atoms in total. The molecule has 3 aromatic carbocycles. The third-order valence-corrected chi connectivity index (χ3v) is 6.42. The Kier molecular flexibility index (Phi) is 5.64. The van der Waals surface area contributed by atoms with E-state index in [-0.39, 0.29) is 11.5 Å². The number of carbonyl (C=O) groups is 1. The SMILES string of the molecule is Cc1c2c(cc3c1O/C(=C\c1ccc(Cl)cc1)C3=O)CN(Cc1ccc(Cl)cc1Cl)CO2. The molecule has 0 radical (unpaired) electrons. The van der Waals surface area contributed by atoms with E-state index in [9.17, 15) is 4.79 Å². The average molecular weight is 487 g/mol. The lowest BCUT2D eigenvalue weighted by atomic mass is 10.00. The van der Waals surface area contributed by atoms with Crippen LogP contribution in [-0.2, 0) is 13.1 Å². The van der Waals surface area contributed by atoms with E-state index >= 15 is 0 Å². The van der Waals surface area contributed by atoms with E-state index in [4.69, 9.17) is 44.3 Å². The number of nitrogens with zero attached hydrogens (tertiary/aromatic N) is 1. The summed E-state index contributed by atoms with van der Waals surface area (Å²) in [7, 11) is 0. The largest absolute Gasteiger partial charge is 0.477 e. The quantitative estimate of drug-likeness (QED) is 0.377. The first kappa shape index (κ1) is 21.4. The number of hydrogen-bond acceptors (Lipinski definition) is 4. The number of allylic oxidation sites excluding steroid dienone is 1. The number of carbonyl (C=O) groups excluding carboxylic acids is 1. The number of hydrogen-bond donors (Lipinski definition) is 0. The van der Waals surface area contributed by atoms with Crippen molar-refractivity contribution >= 4 is 46.7 Å². The van der Waals surface area contributed by atoms with Gasteiger partial charge in [0.15, 0.2) is 5.76 Å². The molecule has 0 fully saturated rings. The Morgan fingerprint density at radius 3 is 2.50 bits per heavy atom. The second kappa shape index (κ2) is 8.45. The van der Waals surface area contributed by atoms with Gasteiger partial charge in [-0.05, 0) is 54.5 Å². The minimum absolute atomic E-state index is 0.140. The maximum absolute atomic E-state index is 13.1. The highest BCUT2D eigenvalue weighted by molar-refractivity contribution is 6.35. The highest BCUT2D eigenvalue weighted by Gasteiger charge is 2.33. The van der Waals surface area contributed by atoms with Crippen molar-refractivity contribution in [2.24, 2.45) is 0 Å². The molecule has 0 unspecified atom stereocenters. The summed E-state index contributed by atoms with van der Waals surface area (Å²) < 4.78 is 12.0. The highest BCUT2D eigenvalue weighted by atomic mass is 35.5. The lowest BCUT2D eigenvalue weighted by molar-refractivity contribution is 0.0877. The van der Waals surface area contributed by atoms with Crippen LogP contribution in [0.3, 0.4) is 0 Å². The van der Waals surface area contributed by atoms with Crippen molar-refractivity contribution in [2.75, 3.05) is 6.73 Å². The molecule has 3 aromatic rings. The van der Waals surface area contributed by atoms with Crippen LogP contribution < -0.4 is 9.47 Å². The van der Waals surface area contributed by atoms with Crippen LogP contribution in [0.4, 0.5) is 0 Å². The Bertz CT molecular complexity index is 1270. The molecule has 2 heterocycles. The number of ketones is 1. The van der Waals surface area contributed by atoms with Crippen molar-refractivity contribution in [3.8, 4) is 11.5 Å². The summed E-state index contributed by atoms with van der Waals surface area (Å²) in [6, 6.07) is 14.6. The third-order valence-electron chi connectivity index (χ3n) is 5.58. The van der Waals surface area contributed by atoms with E-state index in [0.29, 0.717) is 46.2 Å². The first-order chi connectivity index (χ1) is 15.4. The molecule has 0 saturated heterocycles. The molecule has 0 saturated carbocycles. The van der Waals surface area contributed by atoms with Crippen LogP contribution in [0.1, 0.15) is 32.6 Å². The van der Waals surface area contributed by atoms with Gasteiger partial charge in [0.2, 0.25) is 5.78 Å². The number of fused-ring (bicyclic) bond motifs is 2. The first-order valence-corrected chi connectivity index (χ1v) is 11.2. The van der Waals surface area contributed by atoms with Crippen LogP contribution >= 0.6 is 34.8 Å². The molecule has 0 aromatic heterocycles. The van der Waals surface area contributed by atoms with Crippen LogP contribution in [0.2, 0.25) is 15.1 Å². The summed E-state index contributed by atoms with van der Waals surface area (Å²) in [6.45, 7) is 3.57. The van der Waals surface area contributed by atoms with Gasteiger partial charge < -0.3 is 9.47 Å². The summed E-state index contributed by atoms with van der Waals surface area (Å²) in [6.07, 6.45) is 1.73. The molecule has 2 aliphatic rings. The van der Waals surface area contributed by atoms with Crippen molar-refractivity contribution in [1.82, 2.24) is 4.90 Å². The van der Waals surface area contributed by atoms with E-state index in [0.717, 1.165) is 28.0 Å². The van der Waals surface area contributed by atoms with Gasteiger partial charge >= 0.3 is 0 Å². The zero-order chi connectivity index (χ0) is 22.4. The van der Waals surface area contributed by atoms with Gasteiger partial charge in [-0.2, -0.15) is 0 Å². The maximum Gasteiger partial charge on any atom is 0.231 e. The Labute approximate surface area is 200 Å². The Balaban J connectivity index is 1.41. The molecule has 7 heteroatoms. The summed E-state index contributed by atoms with van der Waals surface area (Å²) in [5, 5.41) is 1.86. The van der Waals surface area contributed by atoms with E-state index < -0.39 is 0 Å². The average Bonchev–Trinajstić information content (AvgIpc) is 3.07. The van der Waals surface area contributed by atoms with E-state index in [1.807, 2.05) is 37.3 Å². The van der Waals surface area contributed by atoms with Gasteiger partial charge in [-0.25, -0.2) is 0 Å². The van der Waals surface area contributed by atoms with Crippen molar-refractivity contribution in [2.45, 2.75) is 20.0 Å². The van der Waals surface area contributed by atoms with Gasteiger partial charge in [0.05, 0.1) is 5.56 Å². The number of Topliss-reactive ketones (excluding diaryl/α,β-unsaturated/α-hetero) is 1. The molecule has 0 spiro atoms. The first-order valence-electron chi connectivity index (χ1n) is 10.0. The predicted molar refractivity (Wildman–Crippen MR) is 127 cm³/mol. The molecular weight excluding hydrogens is 469 g/mol. The number of halogens is 3. The van der Waals surface area contributed by atoms with Crippen molar-refractivity contribution < 1.29 is 14.3 Å². The Morgan fingerprint density at radius 2 is 1.75 bits per heavy atom. The summed E-state index contributed by atoms with van der Waals surface area (Å²) in [5.74, 6) is 1.47. The van der Waals surface area contributed by atoms with Crippen LogP contribution in [0.5, 0.6) is 11.5 Å². The molecule has 5 rings (SSSR count). The van der Waals surface area contributed by atoms with E-state index in [2.05, 4.69) is 4.90 Å². The molecular formula is C25H18Cl3NO3. The van der Waals surface area contributed by atoms with Crippen molar-refractivity contribution in [3.63, 3.8) is 0 Å². The van der Waals surface area contributed by atoms with Gasteiger partial charge in [-0.3, -0.25) is 9.69 Å². The zero-order valence-electron chi connectivity index (χ0n) is 17.1. The fourth-order valence-electron chi connectivity index (χ4n) is 4.00. The molecule has 0 amide bonds. The van der Waals surface area contributed by atoms with Gasteiger partial charge in [-0.1, -0.05) is 53.0 Å². The van der Waals surface area contributed by atoms with Gasteiger partial charge in [0.25, 0.3) is 0 Å². The summed E-state index contributed by atoms with van der Waals surface area (Å²) in [4.78, 5) is 15.2. The monoisotopic (exact) mass is 485 g/mol. The second-order valence-corrected chi connectivity index (χ2v) is 9.13. The molecule has 162 valence electrons. The number of ether oxygens (including phenoxy) is 2. The highest BCUT2D eigenvalue weighted by Crippen LogP contribution is 2.43. The summed E-state index contributed by atoms with van der Waals surface area (Å²) >= 11 is 18.3. The number of benzene rings is 3. The normalized spacial score (nSPS) is 16.5. The summed E-state index contributed by atoms with van der Waals surface area (Å²) in [5.41, 5.74) is 4.14. The van der Waals surface area contributed by atoms with Crippen molar-refractivity contribution in [1.29, 1.82) is 0 Å². The smallest absolute Gasteiger partial charge is 0.231 e.